The molecule has 0 unspecified atom stereocenters. The lowest BCUT2D eigenvalue weighted by Crippen LogP contribution is -2.46. The normalized spacial score (nSPS) is 11.5. The van der Waals surface area contributed by atoms with Gasteiger partial charge in [-0.3, -0.25) is 0 Å². The van der Waals surface area contributed by atoms with Gasteiger partial charge in [-0.25, -0.2) is 9.59 Å². The number of hydrogen-bond acceptors (Lipinski definition) is 3. The second-order valence-corrected chi connectivity index (χ2v) is 4.79. The van der Waals surface area contributed by atoms with Crippen molar-refractivity contribution >= 4 is 23.8 Å². The van der Waals surface area contributed by atoms with Crippen LogP contribution in [0.15, 0.2) is 11.6 Å². The molecule has 0 bridgehead atoms. The number of carboxylic acid groups (broad SMARTS) is 1. The third-order valence-corrected chi connectivity index (χ3v) is 2.63. The van der Waals surface area contributed by atoms with Crippen LogP contribution in [0.4, 0.5) is 4.79 Å². The van der Waals surface area contributed by atoms with Gasteiger partial charge in [-0.2, -0.15) is 11.8 Å². The Morgan fingerprint density at radius 3 is 2.53 bits per heavy atom. The van der Waals surface area contributed by atoms with E-state index < -0.39 is 18.0 Å². The third-order valence-electron chi connectivity index (χ3n) is 1.99. The van der Waals surface area contributed by atoms with Gasteiger partial charge in [-0.1, -0.05) is 11.6 Å². The highest BCUT2D eigenvalue weighted by atomic mass is 32.2. The summed E-state index contributed by atoms with van der Waals surface area (Å²) in [6, 6.07) is -1.27. The van der Waals surface area contributed by atoms with Crippen LogP contribution in [0.5, 0.6) is 0 Å². The molecule has 17 heavy (non-hydrogen) atoms. The highest BCUT2D eigenvalue weighted by molar-refractivity contribution is 7.98. The Labute approximate surface area is 106 Å². The van der Waals surface area contributed by atoms with Crippen LogP contribution in [-0.4, -0.2) is 41.7 Å². The summed E-state index contributed by atoms with van der Waals surface area (Å²) in [7, 11) is 0. The predicted molar refractivity (Wildman–Crippen MR) is 70.4 cm³/mol. The van der Waals surface area contributed by atoms with E-state index in [1.54, 1.807) is 11.8 Å². The van der Waals surface area contributed by atoms with Crippen LogP contribution in [0.1, 0.15) is 20.3 Å². The Kier molecular flexibility index (Phi) is 8.31. The van der Waals surface area contributed by atoms with E-state index >= 15 is 0 Å². The van der Waals surface area contributed by atoms with E-state index in [2.05, 4.69) is 10.6 Å². The number of urea groups is 1. The van der Waals surface area contributed by atoms with Crippen molar-refractivity contribution in [2.24, 2.45) is 0 Å². The SMILES string of the molecule is CSCC[C@H](NC(=O)NCC=C(C)C)C(=O)O. The molecule has 3 N–H and O–H groups in total. The number of hydrogen-bond donors (Lipinski definition) is 3. The number of rotatable bonds is 7. The molecular formula is C11H20N2O3S. The van der Waals surface area contributed by atoms with E-state index in [1.165, 1.54) is 0 Å². The highest BCUT2D eigenvalue weighted by Gasteiger charge is 2.18. The zero-order chi connectivity index (χ0) is 13.3. The number of thioether (sulfide) groups is 1. The molecule has 0 rings (SSSR count). The van der Waals surface area contributed by atoms with Gasteiger partial charge < -0.3 is 15.7 Å². The summed E-state index contributed by atoms with van der Waals surface area (Å²) in [4.78, 5) is 22.2. The standard InChI is InChI=1S/C11H20N2O3S/c1-8(2)4-6-12-11(16)13-9(10(14)15)5-7-17-3/h4,9H,5-7H2,1-3H3,(H,14,15)(H2,12,13,16)/t9-/m0/s1. The first kappa shape index (κ1) is 15.8. The summed E-state index contributed by atoms with van der Waals surface area (Å²) < 4.78 is 0. The van der Waals surface area contributed by atoms with Gasteiger partial charge in [-0.05, 0) is 32.3 Å². The molecule has 0 aliphatic heterocycles. The molecule has 0 radical (unpaired) electrons. The maximum Gasteiger partial charge on any atom is 0.326 e. The van der Waals surface area contributed by atoms with Crippen LogP contribution in [0.3, 0.4) is 0 Å². The second kappa shape index (κ2) is 8.92. The number of carboxylic acids is 1. The minimum Gasteiger partial charge on any atom is -0.480 e. The molecule has 0 aromatic heterocycles. The lowest BCUT2D eigenvalue weighted by molar-refractivity contribution is -0.139. The van der Waals surface area contributed by atoms with Crippen LogP contribution in [0.25, 0.3) is 0 Å². The Bertz CT molecular complexity index is 288. The molecule has 0 saturated heterocycles. The molecule has 0 fully saturated rings. The Hall–Kier alpha value is -1.17. The number of aliphatic carboxylic acids is 1. The van der Waals surface area contributed by atoms with E-state index in [4.69, 9.17) is 5.11 Å². The zero-order valence-electron chi connectivity index (χ0n) is 10.4. The maximum atomic E-state index is 11.4. The fourth-order valence-electron chi connectivity index (χ4n) is 1.05. The summed E-state index contributed by atoms with van der Waals surface area (Å²) in [6.07, 6.45) is 4.18. The Morgan fingerprint density at radius 2 is 2.06 bits per heavy atom. The number of allylic oxidation sites excluding steroid dienone is 1. The zero-order valence-corrected chi connectivity index (χ0v) is 11.3. The minimum atomic E-state index is -1.00. The molecule has 0 aliphatic rings. The second-order valence-electron chi connectivity index (χ2n) is 3.81. The quantitative estimate of drug-likeness (QED) is 0.606. The van der Waals surface area contributed by atoms with Crippen molar-refractivity contribution in [2.75, 3.05) is 18.6 Å². The van der Waals surface area contributed by atoms with Crippen LogP contribution in [0.2, 0.25) is 0 Å². The largest absolute Gasteiger partial charge is 0.480 e. The molecule has 6 heteroatoms. The Balaban J connectivity index is 4.03. The first-order valence-electron chi connectivity index (χ1n) is 5.36. The topological polar surface area (TPSA) is 78.4 Å². The molecule has 0 aromatic carbocycles. The average molecular weight is 260 g/mol. The van der Waals surface area contributed by atoms with E-state index in [0.29, 0.717) is 18.7 Å². The van der Waals surface area contributed by atoms with Crippen molar-refractivity contribution in [3.8, 4) is 0 Å². The van der Waals surface area contributed by atoms with E-state index in [-0.39, 0.29) is 0 Å². The lowest BCUT2D eigenvalue weighted by atomic mass is 10.2. The number of nitrogens with one attached hydrogen (secondary N) is 2. The van der Waals surface area contributed by atoms with Gasteiger partial charge >= 0.3 is 12.0 Å². The minimum absolute atomic E-state index is 0.406. The van der Waals surface area contributed by atoms with Crippen LogP contribution < -0.4 is 10.6 Å². The molecule has 5 nitrogen and oxygen atoms in total. The van der Waals surface area contributed by atoms with Crippen molar-refractivity contribution in [1.29, 1.82) is 0 Å². The molecule has 2 amide bonds. The third kappa shape index (κ3) is 8.62. The molecule has 0 saturated carbocycles. The number of carbonyl (C=O) groups excluding carboxylic acids is 1. The monoisotopic (exact) mass is 260 g/mol. The van der Waals surface area contributed by atoms with E-state index in [0.717, 1.165) is 5.57 Å². The first-order valence-corrected chi connectivity index (χ1v) is 6.76. The van der Waals surface area contributed by atoms with Crippen molar-refractivity contribution in [3.63, 3.8) is 0 Å². The van der Waals surface area contributed by atoms with Gasteiger partial charge in [-0.15, -0.1) is 0 Å². The first-order chi connectivity index (χ1) is 7.97. The molecule has 0 spiro atoms. The van der Waals surface area contributed by atoms with Gasteiger partial charge in [0, 0.05) is 6.54 Å². The molecule has 0 aliphatic carbocycles. The lowest BCUT2D eigenvalue weighted by Gasteiger charge is -2.14. The predicted octanol–water partition coefficient (Wildman–Crippen LogP) is 1.46. The van der Waals surface area contributed by atoms with Gasteiger partial charge in [0.2, 0.25) is 0 Å². The summed E-state index contributed by atoms with van der Waals surface area (Å²) in [6.45, 7) is 4.26. The van der Waals surface area contributed by atoms with Gasteiger partial charge in [0.15, 0.2) is 0 Å². The smallest absolute Gasteiger partial charge is 0.326 e. The maximum absolute atomic E-state index is 11.4. The van der Waals surface area contributed by atoms with Gasteiger partial charge in [0.1, 0.15) is 6.04 Å². The number of carbonyl (C=O) groups is 2. The fourth-order valence-corrected chi connectivity index (χ4v) is 1.52. The average Bonchev–Trinajstić information content (AvgIpc) is 2.23. The van der Waals surface area contributed by atoms with Crippen LogP contribution in [0, 0.1) is 0 Å². The Morgan fingerprint density at radius 1 is 1.41 bits per heavy atom. The molecule has 98 valence electrons. The van der Waals surface area contributed by atoms with Crippen LogP contribution >= 0.6 is 11.8 Å². The van der Waals surface area contributed by atoms with Crippen molar-refractivity contribution in [3.05, 3.63) is 11.6 Å². The molecule has 0 heterocycles. The summed E-state index contributed by atoms with van der Waals surface area (Å²) >= 11 is 1.55. The fraction of sp³-hybridized carbons (Fsp3) is 0.636. The van der Waals surface area contributed by atoms with Crippen molar-refractivity contribution in [2.45, 2.75) is 26.3 Å². The van der Waals surface area contributed by atoms with E-state index in [1.807, 2.05) is 26.2 Å². The van der Waals surface area contributed by atoms with Crippen molar-refractivity contribution < 1.29 is 14.7 Å². The van der Waals surface area contributed by atoms with E-state index in [9.17, 15) is 9.59 Å². The number of amides is 2. The molecule has 1 atom stereocenters. The molecule has 0 aromatic rings. The highest BCUT2D eigenvalue weighted by Crippen LogP contribution is 2.00. The summed E-state index contributed by atoms with van der Waals surface area (Å²) in [5, 5.41) is 13.9. The van der Waals surface area contributed by atoms with Gasteiger partial charge in [0.25, 0.3) is 0 Å². The summed E-state index contributed by atoms with van der Waals surface area (Å²) in [5.41, 5.74) is 1.10. The van der Waals surface area contributed by atoms with Crippen molar-refractivity contribution in [1.82, 2.24) is 10.6 Å². The molecular weight excluding hydrogens is 240 g/mol. The van der Waals surface area contributed by atoms with Crippen LogP contribution in [-0.2, 0) is 4.79 Å². The summed E-state index contributed by atoms with van der Waals surface area (Å²) in [5.74, 6) is -0.304. The van der Waals surface area contributed by atoms with Gasteiger partial charge in [0.05, 0.1) is 0 Å².